The molecule has 36 heavy (non-hydrogen) atoms. The van der Waals surface area contributed by atoms with Crippen LogP contribution in [0.2, 0.25) is 5.02 Å². The summed E-state index contributed by atoms with van der Waals surface area (Å²) in [6.07, 6.45) is 0.963. The smallest absolute Gasteiger partial charge is 0.267 e. The van der Waals surface area contributed by atoms with Crippen LogP contribution >= 0.6 is 11.6 Å². The van der Waals surface area contributed by atoms with Crippen LogP contribution in [0.1, 0.15) is 36.7 Å². The van der Waals surface area contributed by atoms with Gasteiger partial charge in [-0.15, -0.1) is 0 Å². The molecule has 2 amide bonds. The first-order valence-electron chi connectivity index (χ1n) is 12.2. The van der Waals surface area contributed by atoms with Crippen LogP contribution in [0.25, 0.3) is 0 Å². The summed E-state index contributed by atoms with van der Waals surface area (Å²) in [4.78, 5) is 29.9. The number of anilines is 2. The van der Waals surface area contributed by atoms with Crippen molar-refractivity contribution in [2.75, 3.05) is 36.4 Å². The lowest BCUT2D eigenvalue weighted by molar-refractivity contribution is -0.128. The van der Waals surface area contributed by atoms with E-state index in [-0.39, 0.29) is 11.8 Å². The maximum absolute atomic E-state index is 12.9. The fourth-order valence-electron chi connectivity index (χ4n) is 4.11. The van der Waals surface area contributed by atoms with E-state index in [0.717, 1.165) is 30.8 Å². The Morgan fingerprint density at radius 2 is 1.50 bits per heavy atom. The number of nitrogens with zero attached hydrogens (tertiary/aromatic N) is 2. The van der Waals surface area contributed by atoms with Gasteiger partial charge in [0, 0.05) is 48.1 Å². The van der Waals surface area contributed by atoms with Crippen LogP contribution in [-0.4, -0.2) is 48.5 Å². The van der Waals surface area contributed by atoms with Crippen molar-refractivity contribution in [2.45, 2.75) is 32.8 Å². The van der Waals surface area contributed by atoms with E-state index in [2.05, 4.69) is 17.1 Å². The first kappa shape index (κ1) is 25.6. The van der Waals surface area contributed by atoms with E-state index in [1.165, 1.54) is 5.56 Å². The maximum atomic E-state index is 12.9. The minimum atomic E-state index is -1.06. The third-order valence-corrected chi connectivity index (χ3v) is 6.65. The summed E-state index contributed by atoms with van der Waals surface area (Å²) in [5.41, 5.74) is 2.66. The predicted molar refractivity (Wildman–Crippen MR) is 145 cm³/mol. The number of halogens is 1. The zero-order valence-corrected chi connectivity index (χ0v) is 21.7. The molecule has 3 aromatic carbocycles. The Morgan fingerprint density at radius 3 is 2.08 bits per heavy atom. The van der Waals surface area contributed by atoms with Crippen LogP contribution in [0, 0.1) is 0 Å². The Bertz CT molecular complexity index is 1180. The van der Waals surface area contributed by atoms with Crippen molar-refractivity contribution in [2.24, 2.45) is 0 Å². The normalized spacial score (nSPS) is 13.9. The number of rotatable bonds is 7. The molecule has 6 nitrogen and oxygen atoms in total. The fourth-order valence-corrected chi connectivity index (χ4v) is 4.24. The number of piperazine rings is 1. The Kier molecular flexibility index (Phi) is 7.85. The molecule has 1 saturated heterocycles. The highest BCUT2D eigenvalue weighted by Gasteiger charge is 2.30. The number of hydrogen-bond acceptors (Lipinski definition) is 4. The van der Waals surface area contributed by atoms with Crippen molar-refractivity contribution in [1.82, 2.24) is 4.90 Å². The summed E-state index contributed by atoms with van der Waals surface area (Å²) in [6.45, 7) is 8.41. The van der Waals surface area contributed by atoms with Gasteiger partial charge in [-0.1, -0.05) is 30.7 Å². The molecule has 1 heterocycles. The molecule has 0 radical (unpaired) electrons. The van der Waals surface area contributed by atoms with E-state index in [1.807, 2.05) is 53.4 Å². The number of carbonyl (C=O) groups excluding carboxylic acids is 2. The summed E-state index contributed by atoms with van der Waals surface area (Å²) >= 11 is 5.92. The van der Waals surface area contributed by atoms with Gasteiger partial charge in [0.25, 0.3) is 11.8 Å². The summed E-state index contributed by atoms with van der Waals surface area (Å²) in [7, 11) is 0. The number of amides is 2. The second-order valence-electron chi connectivity index (χ2n) is 9.40. The van der Waals surface area contributed by atoms with Crippen LogP contribution in [0.15, 0.2) is 72.8 Å². The van der Waals surface area contributed by atoms with Gasteiger partial charge in [0.15, 0.2) is 5.60 Å². The van der Waals surface area contributed by atoms with Crippen LogP contribution in [-0.2, 0) is 11.2 Å². The highest BCUT2D eigenvalue weighted by Crippen LogP contribution is 2.24. The molecular weight excluding hydrogens is 474 g/mol. The summed E-state index contributed by atoms with van der Waals surface area (Å²) in [5.74, 6) is 0.411. The standard InChI is InChI=1S/C29H32ClN3O3/c1-4-21-5-7-22(8-6-21)27(34)33-19-17-32(18-20-33)25-13-11-24(12-14-25)31-28(35)29(2,3)36-26-15-9-23(30)10-16-26/h5-16H,4,17-20H2,1-3H3,(H,31,35). The second-order valence-corrected chi connectivity index (χ2v) is 9.83. The highest BCUT2D eigenvalue weighted by molar-refractivity contribution is 6.30. The zero-order valence-electron chi connectivity index (χ0n) is 21.0. The molecule has 3 aromatic rings. The minimum absolute atomic E-state index is 0.0822. The third-order valence-electron chi connectivity index (χ3n) is 6.40. The molecule has 1 N–H and O–H groups in total. The zero-order chi connectivity index (χ0) is 25.7. The molecule has 1 fully saturated rings. The average Bonchev–Trinajstić information content (AvgIpc) is 2.90. The summed E-state index contributed by atoms with van der Waals surface area (Å²) in [6, 6.07) is 22.6. The average molecular weight is 506 g/mol. The van der Waals surface area contributed by atoms with Gasteiger partial charge in [-0.2, -0.15) is 0 Å². The molecule has 4 rings (SSSR count). The van der Waals surface area contributed by atoms with Crippen molar-refractivity contribution in [1.29, 1.82) is 0 Å². The first-order valence-corrected chi connectivity index (χ1v) is 12.6. The van der Waals surface area contributed by atoms with Gasteiger partial charge in [0.05, 0.1) is 0 Å². The minimum Gasteiger partial charge on any atom is -0.478 e. The van der Waals surface area contributed by atoms with Gasteiger partial charge in [-0.3, -0.25) is 9.59 Å². The molecule has 188 valence electrons. The van der Waals surface area contributed by atoms with Gasteiger partial charge in [-0.25, -0.2) is 0 Å². The number of ether oxygens (including phenoxy) is 1. The number of aryl methyl sites for hydroxylation is 1. The van der Waals surface area contributed by atoms with E-state index in [1.54, 1.807) is 38.1 Å². The van der Waals surface area contributed by atoms with Crippen molar-refractivity contribution < 1.29 is 14.3 Å². The van der Waals surface area contributed by atoms with E-state index in [9.17, 15) is 9.59 Å². The lowest BCUT2D eigenvalue weighted by Crippen LogP contribution is -2.48. The van der Waals surface area contributed by atoms with Crippen molar-refractivity contribution >= 4 is 34.8 Å². The van der Waals surface area contributed by atoms with Crippen LogP contribution in [0.3, 0.4) is 0 Å². The monoisotopic (exact) mass is 505 g/mol. The molecule has 0 unspecified atom stereocenters. The van der Waals surface area contributed by atoms with E-state index in [4.69, 9.17) is 16.3 Å². The van der Waals surface area contributed by atoms with Crippen LogP contribution in [0.4, 0.5) is 11.4 Å². The number of benzene rings is 3. The quantitative estimate of drug-likeness (QED) is 0.450. The van der Waals surface area contributed by atoms with Crippen LogP contribution in [0.5, 0.6) is 5.75 Å². The topological polar surface area (TPSA) is 61.9 Å². The SMILES string of the molecule is CCc1ccc(C(=O)N2CCN(c3ccc(NC(=O)C(C)(C)Oc4ccc(Cl)cc4)cc3)CC2)cc1. The summed E-state index contributed by atoms with van der Waals surface area (Å²) < 4.78 is 5.87. The van der Waals surface area contributed by atoms with Gasteiger partial charge in [0.2, 0.25) is 0 Å². The molecule has 0 spiro atoms. The molecule has 0 saturated carbocycles. The van der Waals surface area contributed by atoms with E-state index in [0.29, 0.717) is 29.5 Å². The first-order chi connectivity index (χ1) is 17.2. The molecule has 1 aliphatic heterocycles. The highest BCUT2D eigenvalue weighted by atomic mass is 35.5. The van der Waals surface area contributed by atoms with Crippen molar-refractivity contribution in [3.63, 3.8) is 0 Å². The lowest BCUT2D eigenvalue weighted by Gasteiger charge is -2.36. The van der Waals surface area contributed by atoms with Crippen molar-refractivity contribution in [3.05, 3.63) is 88.9 Å². The van der Waals surface area contributed by atoms with Gasteiger partial charge >= 0.3 is 0 Å². The Hall–Kier alpha value is -3.51. The lowest BCUT2D eigenvalue weighted by atomic mass is 10.1. The molecule has 7 heteroatoms. The molecule has 0 aliphatic carbocycles. The second kappa shape index (κ2) is 11.0. The van der Waals surface area contributed by atoms with Gasteiger partial charge in [-0.05, 0) is 86.5 Å². The summed E-state index contributed by atoms with van der Waals surface area (Å²) in [5, 5.41) is 3.54. The number of carbonyl (C=O) groups is 2. The van der Waals surface area contributed by atoms with Crippen molar-refractivity contribution in [3.8, 4) is 5.75 Å². The molecule has 0 atom stereocenters. The fraction of sp³-hybridized carbons (Fsp3) is 0.310. The van der Waals surface area contributed by atoms with E-state index >= 15 is 0 Å². The third kappa shape index (κ3) is 6.18. The number of nitrogens with one attached hydrogen (secondary N) is 1. The Balaban J connectivity index is 1.30. The molecule has 0 aromatic heterocycles. The van der Waals surface area contributed by atoms with Gasteiger partial charge < -0.3 is 19.9 Å². The molecule has 0 bridgehead atoms. The molecular formula is C29H32ClN3O3. The predicted octanol–water partition coefficient (Wildman–Crippen LogP) is 5.66. The van der Waals surface area contributed by atoms with E-state index < -0.39 is 5.60 Å². The number of hydrogen-bond donors (Lipinski definition) is 1. The Morgan fingerprint density at radius 1 is 0.889 bits per heavy atom. The van der Waals surface area contributed by atoms with Crippen LogP contribution < -0.4 is 15.0 Å². The van der Waals surface area contributed by atoms with Gasteiger partial charge in [0.1, 0.15) is 5.75 Å². The maximum Gasteiger partial charge on any atom is 0.267 e. The largest absolute Gasteiger partial charge is 0.478 e. The Labute approximate surface area is 217 Å². The molecule has 1 aliphatic rings.